The zero-order valence-corrected chi connectivity index (χ0v) is 15.8. The van der Waals surface area contributed by atoms with E-state index in [0.717, 1.165) is 5.56 Å². The van der Waals surface area contributed by atoms with Gasteiger partial charge in [0.2, 0.25) is 0 Å². The molecule has 0 saturated heterocycles. The van der Waals surface area contributed by atoms with Gasteiger partial charge in [0.15, 0.2) is 0 Å². The predicted molar refractivity (Wildman–Crippen MR) is 108 cm³/mol. The summed E-state index contributed by atoms with van der Waals surface area (Å²) in [6, 6.07) is 17.8. The molecule has 2 aromatic carbocycles. The molecule has 3 rings (SSSR count). The summed E-state index contributed by atoms with van der Waals surface area (Å²) in [5, 5.41) is 12.9. The molecular weight excluding hydrogens is 383 g/mol. The Morgan fingerprint density at radius 1 is 1.11 bits per heavy atom. The van der Waals surface area contributed by atoms with Crippen molar-refractivity contribution in [3.05, 3.63) is 81.5 Å². The SMILES string of the molecule is Cc1ccccc1NC(=O)/C(C#N)=C/c1ccc(-c2cccc(Cl)c2Cl)o1. The number of benzene rings is 2. The lowest BCUT2D eigenvalue weighted by atomic mass is 10.1. The fraction of sp³-hybridized carbons (Fsp3) is 0.0476. The van der Waals surface area contributed by atoms with Gasteiger partial charge in [0.25, 0.3) is 5.91 Å². The van der Waals surface area contributed by atoms with Gasteiger partial charge in [-0.1, -0.05) is 47.5 Å². The van der Waals surface area contributed by atoms with Crippen LogP contribution in [0.4, 0.5) is 5.69 Å². The van der Waals surface area contributed by atoms with Gasteiger partial charge >= 0.3 is 0 Å². The van der Waals surface area contributed by atoms with Crippen LogP contribution in [0, 0.1) is 18.3 Å². The van der Waals surface area contributed by atoms with Crippen molar-refractivity contribution in [2.24, 2.45) is 0 Å². The number of halogens is 2. The van der Waals surface area contributed by atoms with Gasteiger partial charge in [-0.25, -0.2) is 0 Å². The van der Waals surface area contributed by atoms with E-state index < -0.39 is 5.91 Å². The number of hydrogen-bond acceptors (Lipinski definition) is 3. The summed E-state index contributed by atoms with van der Waals surface area (Å²) in [6.45, 7) is 1.87. The Kier molecular flexibility index (Phi) is 5.66. The van der Waals surface area contributed by atoms with E-state index in [1.54, 1.807) is 36.4 Å². The first-order chi connectivity index (χ1) is 13.0. The second kappa shape index (κ2) is 8.13. The maximum absolute atomic E-state index is 12.4. The summed E-state index contributed by atoms with van der Waals surface area (Å²) in [5.41, 5.74) is 2.11. The number of furan rings is 1. The molecule has 6 heteroatoms. The maximum atomic E-state index is 12.4. The van der Waals surface area contributed by atoms with E-state index in [0.29, 0.717) is 32.8 Å². The molecular formula is C21H14Cl2N2O2. The highest BCUT2D eigenvalue weighted by atomic mass is 35.5. The Balaban J connectivity index is 1.86. The molecule has 27 heavy (non-hydrogen) atoms. The van der Waals surface area contributed by atoms with E-state index in [2.05, 4.69) is 5.32 Å². The molecule has 0 unspecified atom stereocenters. The average molecular weight is 397 g/mol. The van der Waals surface area contributed by atoms with Crippen molar-refractivity contribution in [2.45, 2.75) is 6.92 Å². The van der Waals surface area contributed by atoms with Gasteiger partial charge in [-0.2, -0.15) is 5.26 Å². The van der Waals surface area contributed by atoms with E-state index >= 15 is 0 Å². The van der Waals surface area contributed by atoms with Gasteiger partial charge in [-0.3, -0.25) is 4.79 Å². The van der Waals surface area contributed by atoms with Crippen molar-refractivity contribution in [3.8, 4) is 17.4 Å². The number of carbonyl (C=O) groups is 1. The zero-order valence-electron chi connectivity index (χ0n) is 14.3. The number of anilines is 1. The van der Waals surface area contributed by atoms with Gasteiger partial charge in [0.05, 0.1) is 10.0 Å². The molecule has 4 nitrogen and oxygen atoms in total. The third-order valence-electron chi connectivity index (χ3n) is 3.89. The zero-order chi connectivity index (χ0) is 19.4. The number of carbonyl (C=O) groups excluding carboxylic acids is 1. The minimum absolute atomic E-state index is 0.0728. The van der Waals surface area contributed by atoms with Gasteiger partial charge in [-0.05, 0) is 42.8 Å². The number of aryl methyl sites for hydroxylation is 1. The lowest BCUT2D eigenvalue weighted by Gasteiger charge is -2.06. The van der Waals surface area contributed by atoms with E-state index in [-0.39, 0.29) is 5.57 Å². The molecule has 1 amide bonds. The molecule has 1 heterocycles. The summed E-state index contributed by atoms with van der Waals surface area (Å²) in [4.78, 5) is 12.4. The van der Waals surface area contributed by atoms with Crippen molar-refractivity contribution in [3.63, 3.8) is 0 Å². The summed E-state index contributed by atoms with van der Waals surface area (Å²) in [5.74, 6) is 0.341. The van der Waals surface area contributed by atoms with Crippen LogP contribution in [0.15, 0.2) is 64.6 Å². The highest BCUT2D eigenvalue weighted by molar-refractivity contribution is 6.43. The Bertz CT molecular complexity index is 1080. The van der Waals surface area contributed by atoms with Crippen molar-refractivity contribution >= 4 is 40.9 Å². The van der Waals surface area contributed by atoms with Crippen molar-refractivity contribution < 1.29 is 9.21 Å². The standard InChI is InChI=1S/C21H14Cl2N2O2/c1-13-5-2-3-8-18(13)25-21(26)14(12-24)11-15-9-10-19(27-15)16-6-4-7-17(22)20(16)23/h2-11H,1H3,(H,25,26)/b14-11+. The first kappa shape index (κ1) is 18.8. The molecule has 0 spiro atoms. The van der Waals surface area contributed by atoms with E-state index in [1.807, 2.05) is 31.2 Å². The van der Waals surface area contributed by atoms with Crippen molar-refractivity contribution in [1.29, 1.82) is 5.26 Å². The normalized spacial score (nSPS) is 11.1. The Labute approximate surface area is 166 Å². The van der Waals surface area contributed by atoms with E-state index in [9.17, 15) is 10.1 Å². The molecule has 1 aromatic heterocycles. The number of nitrogens with one attached hydrogen (secondary N) is 1. The van der Waals surface area contributed by atoms with E-state index in [1.165, 1.54) is 6.08 Å². The first-order valence-electron chi connectivity index (χ1n) is 8.02. The van der Waals surface area contributed by atoms with Crippen LogP contribution in [0.25, 0.3) is 17.4 Å². The molecule has 0 bridgehead atoms. The van der Waals surface area contributed by atoms with Crippen LogP contribution in [-0.4, -0.2) is 5.91 Å². The molecule has 1 N–H and O–H groups in total. The second-order valence-electron chi connectivity index (χ2n) is 5.74. The molecule has 0 saturated carbocycles. The number of hydrogen-bond donors (Lipinski definition) is 1. The third kappa shape index (κ3) is 4.22. The number of amides is 1. The lowest BCUT2D eigenvalue weighted by Crippen LogP contribution is -2.14. The fourth-order valence-corrected chi connectivity index (χ4v) is 2.86. The quantitative estimate of drug-likeness (QED) is 0.427. The third-order valence-corrected chi connectivity index (χ3v) is 4.71. The number of nitrogens with zero attached hydrogens (tertiary/aromatic N) is 1. The molecule has 0 aliphatic heterocycles. The largest absolute Gasteiger partial charge is 0.457 e. The van der Waals surface area contributed by atoms with Gasteiger partial charge in [0, 0.05) is 17.3 Å². The molecule has 3 aromatic rings. The lowest BCUT2D eigenvalue weighted by molar-refractivity contribution is -0.112. The highest BCUT2D eigenvalue weighted by Gasteiger charge is 2.14. The molecule has 134 valence electrons. The van der Waals surface area contributed by atoms with Crippen LogP contribution < -0.4 is 5.32 Å². The molecule has 0 fully saturated rings. The smallest absolute Gasteiger partial charge is 0.266 e. The van der Waals surface area contributed by atoms with Crippen LogP contribution in [-0.2, 0) is 4.79 Å². The van der Waals surface area contributed by atoms with Crippen LogP contribution in [0.2, 0.25) is 10.0 Å². The summed E-state index contributed by atoms with van der Waals surface area (Å²) in [7, 11) is 0. The molecule has 0 aliphatic carbocycles. The number of rotatable bonds is 4. The van der Waals surface area contributed by atoms with E-state index in [4.69, 9.17) is 27.6 Å². The minimum Gasteiger partial charge on any atom is -0.457 e. The van der Waals surface area contributed by atoms with Crippen LogP contribution in [0.1, 0.15) is 11.3 Å². The van der Waals surface area contributed by atoms with Gasteiger partial charge < -0.3 is 9.73 Å². The van der Waals surface area contributed by atoms with Crippen LogP contribution >= 0.6 is 23.2 Å². The highest BCUT2D eigenvalue weighted by Crippen LogP contribution is 2.34. The molecule has 0 radical (unpaired) electrons. The maximum Gasteiger partial charge on any atom is 0.266 e. The first-order valence-corrected chi connectivity index (χ1v) is 8.78. The average Bonchev–Trinajstić information content (AvgIpc) is 3.12. The van der Waals surface area contributed by atoms with Crippen molar-refractivity contribution in [1.82, 2.24) is 0 Å². The van der Waals surface area contributed by atoms with Crippen LogP contribution in [0.5, 0.6) is 0 Å². The van der Waals surface area contributed by atoms with Crippen molar-refractivity contribution in [2.75, 3.05) is 5.32 Å². The Morgan fingerprint density at radius 3 is 2.63 bits per heavy atom. The number of nitriles is 1. The summed E-state index contributed by atoms with van der Waals surface area (Å²) < 4.78 is 5.71. The number of para-hydroxylation sites is 1. The monoisotopic (exact) mass is 396 g/mol. The van der Waals surface area contributed by atoms with Gasteiger partial charge in [-0.15, -0.1) is 0 Å². The second-order valence-corrected chi connectivity index (χ2v) is 6.53. The Hall–Kier alpha value is -3.00. The molecule has 0 aliphatic rings. The Morgan fingerprint density at radius 2 is 1.89 bits per heavy atom. The topological polar surface area (TPSA) is 66.0 Å². The van der Waals surface area contributed by atoms with Crippen LogP contribution in [0.3, 0.4) is 0 Å². The fourth-order valence-electron chi connectivity index (χ4n) is 2.46. The summed E-state index contributed by atoms with van der Waals surface area (Å²) >= 11 is 12.2. The minimum atomic E-state index is -0.509. The summed E-state index contributed by atoms with van der Waals surface area (Å²) in [6.07, 6.45) is 1.38. The molecule has 0 atom stereocenters. The van der Waals surface area contributed by atoms with Gasteiger partial charge in [0.1, 0.15) is 23.2 Å². The predicted octanol–water partition coefficient (Wildman–Crippen LogP) is 6.11.